The van der Waals surface area contributed by atoms with Crippen molar-refractivity contribution in [1.82, 2.24) is 24.2 Å². The van der Waals surface area contributed by atoms with Gasteiger partial charge in [0.15, 0.2) is 11.5 Å². The van der Waals surface area contributed by atoms with E-state index in [-0.39, 0.29) is 6.04 Å². The molecule has 7 nitrogen and oxygen atoms in total. The Morgan fingerprint density at radius 2 is 1.88 bits per heavy atom. The molecule has 1 saturated heterocycles. The van der Waals surface area contributed by atoms with Crippen LogP contribution in [0.2, 0.25) is 0 Å². The van der Waals surface area contributed by atoms with Gasteiger partial charge in [0.1, 0.15) is 5.65 Å². The van der Waals surface area contributed by atoms with Crippen molar-refractivity contribution >= 4 is 5.65 Å². The van der Waals surface area contributed by atoms with Crippen molar-refractivity contribution < 1.29 is 9.47 Å². The van der Waals surface area contributed by atoms with Crippen molar-refractivity contribution in [3.8, 4) is 22.8 Å². The van der Waals surface area contributed by atoms with Gasteiger partial charge in [-0.15, -0.1) is 0 Å². The van der Waals surface area contributed by atoms with E-state index in [0.717, 1.165) is 60.3 Å². The van der Waals surface area contributed by atoms with Crippen LogP contribution in [0.25, 0.3) is 16.9 Å². The van der Waals surface area contributed by atoms with E-state index >= 15 is 0 Å². The number of pyridine rings is 2. The summed E-state index contributed by atoms with van der Waals surface area (Å²) in [7, 11) is 2.19. The quantitative estimate of drug-likeness (QED) is 0.496. The number of nitrogens with zero attached hydrogens (tertiary/aromatic N) is 5. The number of ether oxygens (including phenoxy) is 2. The fraction of sp³-hybridized carbons (Fsp3) is 0.280. The number of rotatable bonds is 4. The molecule has 0 unspecified atom stereocenters. The highest BCUT2D eigenvalue weighted by Gasteiger charge is 2.28. The summed E-state index contributed by atoms with van der Waals surface area (Å²) < 4.78 is 13.2. The summed E-state index contributed by atoms with van der Waals surface area (Å²) >= 11 is 0. The Labute approximate surface area is 186 Å². The minimum atomic E-state index is 0.239. The van der Waals surface area contributed by atoms with Crippen LogP contribution >= 0.6 is 0 Å². The lowest BCUT2D eigenvalue weighted by Crippen LogP contribution is -2.46. The molecule has 0 saturated carbocycles. The molecule has 0 N–H and O–H groups in total. The van der Waals surface area contributed by atoms with Crippen molar-refractivity contribution in [2.75, 3.05) is 33.5 Å². The molecule has 2 aliphatic heterocycles. The Morgan fingerprint density at radius 3 is 2.78 bits per heavy atom. The standard InChI is InChI=1S/C25H25N5O2/c1-28-11-12-29(14-18-5-6-23-24(13-18)32-17-31-23)16-22(28)20-15-30-21(3-2-4-25(30)27-20)19-7-9-26-10-8-19/h2-10,13,15,22H,11-12,14,16-17H2,1H3/t22-/m0/s1. The Kier molecular flexibility index (Phi) is 4.78. The topological polar surface area (TPSA) is 55.1 Å². The average Bonchev–Trinajstić information content (AvgIpc) is 3.47. The Balaban J connectivity index is 1.27. The van der Waals surface area contributed by atoms with Gasteiger partial charge in [-0.1, -0.05) is 12.1 Å². The number of hydrogen-bond acceptors (Lipinski definition) is 6. The number of imidazole rings is 1. The Bertz CT molecular complexity index is 1260. The molecule has 0 radical (unpaired) electrons. The van der Waals surface area contributed by atoms with Crippen LogP contribution in [0.5, 0.6) is 11.5 Å². The SMILES string of the molecule is CN1CCN(Cc2ccc3c(c2)OCO3)C[C@H]1c1cn2c(-c3ccncc3)cccc2n1. The maximum atomic E-state index is 5.55. The van der Waals surface area contributed by atoms with Crippen molar-refractivity contribution in [3.63, 3.8) is 0 Å². The molecule has 1 aromatic carbocycles. The molecular weight excluding hydrogens is 402 g/mol. The second-order valence-corrected chi connectivity index (χ2v) is 8.46. The van der Waals surface area contributed by atoms with E-state index in [1.165, 1.54) is 5.56 Å². The van der Waals surface area contributed by atoms with Crippen molar-refractivity contribution in [2.45, 2.75) is 12.6 Å². The molecule has 32 heavy (non-hydrogen) atoms. The first-order valence-corrected chi connectivity index (χ1v) is 10.9. The van der Waals surface area contributed by atoms with Gasteiger partial charge in [0, 0.05) is 50.3 Å². The average molecular weight is 428 g/mol. The van der Waals surface area contributed by atoms with Crippen LogP contribution in [0.3, 0.4) is 0 Å². The van der Waals surface area contributed by atoms with Gasteiger partial charge in [0.25, 0.3) is 0 Å². The van der Waals surface area contributed by atoms with Gasteiger partial charge in [0.2, 0.25) is 6.79 Å². The third-order valence-corrected chi connectivity index (χ3v) is 6.40. The number of benzene rings is 1. The van der Waals surface area contributed by atoms with Crippen LogP contribution in [-0.2, 0) is 6.54 Å². The Hall–Kier alpha value is -3.42. The maximum Gasteiger partial charge on any atom is 0.231 e. The van der Waals surface area contributed by atoms with Crippen molar-refractivity contribution in [2.24, 2.45) is 0 Å². The lowest BCUT2D eigenvalue weighted by molar-refractivity contribution is 0.0885. The number of hydrogen-bond donors (Lipinski definition) is 0. The van der Waals surface area contributed by atoms with Crippen molar-refractivity contribution in [1.29, 1.82) is 0 Å². The highest BCUT2D eigenvalue weighted by atomic mass is 16.7. The molecule has 1 atom stereocenters. The van der Waals surface area contributed by atoms with Crippen LogP contribution in [-0.4, -0.2) is 57.6 Å². The molecule has 0 spiro atoms. The molecule has 0 amide bonds. The number of fused-ring (bicyclic) bond motifs is 2. The van der Waals surface area contributed by atoms with E-state index in [2.05, 4.69) is 62.8 Å². The van der Waals surface area contributed by atoms with Crippen LogP contribution < -0.4 is 9.47 Å². The van der Waals surface area contributed by atoms with Crippen LogP contribution in [0, 0.1) is 0 Å². The van der Waals surface area contributed by atoms with Gasteiger partial charge in [-0.3, -0.25) is 19.2 Å². The maximum absolute atomic E-state index is 5.55. The van der Waals surface area contributed by atoms with Gasteiger partial charge in [-0.25, -0.2) is 4.98 Å². The number of aromatic nitrogens is 3. The molecule has 5 heterocycles. The lowest BCUT2D eigenvalue weighted by Gasteiger charge is -2.38. The molecule has 7 heteroatoms. The molecule has 0 aliphatic carbocycles. The number of likely N-dealkylation sites (N-methyl/N-ethyl adjacent to an activating group) is 1. The number of piperazine rings is 1. The minimum absolute atomic E-state index is 0.239. The highest BCUT2D eigenvalue weighted by molar-refractivity contribution is 5.63. The van der Waals surface area contributed by atoms with E-state index in [4.69, 9.17) is 14.5 Å². The summed E-state index contributed by atoms with van der Waals surface area (Å²) in [5.41, 5.74) is 5.57. The van der Waals surface area contributed by atoms with Gasteiger partial charge in [-0.05, 0) is 49.0 Å². The van der Waals surface area contributed by atoms with Crippen molar-refractivity contribution in [3.05, 3.63) is 78.4 Å². The summed E-state index contributed by atoms with van der Waals surface area (Å²) in [6.45, 7) is 4.15. The van der Waals surface area contributed by atoms with Crippen LogP contribution in [0.1, 0.15) is 17.3 Å². The summed E-state index contributed by atoms with van der Waals surface area (Å²) in [5.74, 6) is 1.68. The lowest BCUT2D eigenvalue weighted by atomic mass is 10.1. The predicted molar refractivity (Wildman–Crippen MR) is 122 cm³/mol. The second-order valence-electron chi connectivity index (χ2n) is 8.46. The second kappa shape index (κ2) is 7.93. The smallest absolute Gasteiger partial charge is 0.231 e. The van der Waals surface area contributed by atoms with E-state index < -0.39 is 0 Å². The fourth-order valence-electron chi connectivity index (χ4n) is 4.64. The molecule has 3 aromatic heterocycles. The highest BCUT2D eigenvalue weighted by Crippen LogP contribution is 2.33. The normalized spacial score (nSPS) is 19.0. The van der Waals surface area contributed by atoms with E-state index in [1.807, 2.05) is 30.6 Å². The monoisotopic (exact) mass is 427 g/mol. The zero-order valence-electron chi connectivity index (χ0n) is 18.0. The first kappa shape index (κ1) is 19.3. The largest absolute Gasteiger partial charge is 0.454 e. The molecule has 162 valence electrons. The van der Waals surface area contributed by atoms with E-state index in [9.17, 15) is 0 Å². The van der Waals surface area contributed by atoms with Crippen LogP contribution in [0.4, 0.5) is 0 Å². The third-order valence-electron chi connectivity index (χ3n) is 6.40. The molecule has 6 rings (SSSR count). The van der Waals surface area contributed by atoms with Gasteiger partial charge in [-0.2, -0.15) is 0 Å². The summed E-state index contributed by atoms with van der Waals surface area (Å²) in [6, 6.07) is 16.8. The fourth-order valence-corrected chi connectivity index (χ4v) is 4.64. The molecular formula is C25H25N5O2. The predicted octanol–water partition coefficient (Wildman–Crippen LogP) is 3.61. The van der Waals surface area contributed by atoms with E-state index in [1.54, 1.807) is 0 Å². The van der Waals surface area contributed by atoms with Gasteiger partial charge in [0.05, 0.1) is 17.4 Å². The summed E-state index contributed by atoms with van der Waals surface area (Å²) in [6.07, 6.45) is 5.85. The van der Waals surface area contributed by atoms with E-state index in [0.29, 0.717) is 6.79 Å². The summed E-state index contributed by atoms with van der Waals surface area (Å²) in [5, 5.41) is 0. The molecule has 1 fully saturated rings. The zero-order chi connectivity index (χ0) is 21.5. The Morgan fingerprint density at radius 1 is 1.00 bits per heavy atom. The van der Waals surface area contributed by atoms with Crippen LogP contribution in [0.15, 0.2) is 67.1 Å². The molecule has 0 bridgehead atoms. The molecule has 2 aliphatic rings. The third kappa shape index (κ3) is 3.49. The van der Waals surface area contributed by atoms with Gasteiger partial charge >= 0.3 is 0 Å². The first-order chi connectivity index (χ1) is 15.7. The summed E-state index contributed by atoms with van der Waals surface area (Å²) in [4.78, 5) is 14.1. The zero-order valence-corrected chi connectivity index (χ0v) is 18.0. The minimum Gasteiger partial charge on any atom is -0.454 e. The molecule has 4 aromatic rings. The van der Waals surface area contributed by atoms with Gasteiger partial charge < -0.3 is 9.47 Å². The first-order valence-electron chi connectivity index (χ1n) is 10.9.